The first-order valence-corrected chi connectivity index (χ1v) is 3.82. The molecule has 0 saturated heterocycles. The molecule has 0 aliphatic rings. The summed E-state index contributed by atoms with van der Waals surface area (Å²) in [6, 6.07) is 2.86. The van der Waals surface area contributed by atoms with Crippen LogP contribution >= 0.6 is 0 Å². The third kappa shape index (κ3) is 2.45. The van der Waals surface area contributed by atoms with Gasteiger partial charge in [0, 0.05) is 0 Å². The van der Waals surface area contributed by atoms with Crippen molar-refractivity contribution < 1.29 is 22.7 Å². The molecule has 5 heteroatoms. The van der Waals surface area contributed by atoms with Gasteiger partial charge in [0.1, 0.15) is 5.82 Å². The maximum absolute atomic E-state index is 12.7. The molecular weight excluding hydrogens is 200 g/mol. The van der Waals surface area contributed by atoms with E-state index in [1.807, 2.05) is 0 Å². The van der Waals surface area contributed by atoms with E-state index in [1.165, 1.54) is 6.92 Å². The van der Waals surface area contributed by atoms with Crippen molar-refractivity contribution in [2.45, 2.75) is 19.2 Å². The number of aryl methyl sites for hydroxylation is 1. The molecule has 78 valence electrons. The third-order valence-corrected chi connectivity index (χ3v) is 1.69. The van der Waals surface area contributed by atoms with E-state index in [1.54, 1.807) is 0 Å². The molecule has 1 nitrogen and oxygen atoms in total. The van der Waals surface area contributed by atoms with Crippen molar-refractivity contribution in [3.05, 3.63) is 35.1 Å². The molecule has 0 saturated carbocycles. The van der Waals surface area contributed by atoms with Crippen LogP contribution in [0.1, 0.15) is 17.2 Å². The van der Waals surface area contributed by atoms with Gasteiger partial charge in [0.25, 0.3) is 0 Å². The van der Waals surface area contributed by atoms with Crippen LogP contribution in [0.2, 0.25) is 0 Å². The molecule has 0 unspecified atom stereocenters. The van der Waals surface area contributed by atoms with Crippen molar-refractivity contribution in [2.24, 2.45) is 0 Å². The van der Waals surface area contributed by atoms with E-state index in [2.05, 4.69) is 0 Å². The highest BCUT2D eigenvalue weighted by Gasteiger charge is 2.39. The Morgan fingerprint density at radius 2 is 1.79 bits per heavy atom. The lowest BCUT2D eigenvalue weighted by Gasteiger charge is -2.15. The van der Waals surface area contributed by atoms with E-state index in [0.717, 1.165) is 12.1 Å². The zero-order valence-corrected chi connectivity index (χ0v) is 7.27. The SMILES string of the molecule is Cc1cc(F)cc([C@@H](O)C(F)(F)F)c1. The number of alkyl halides is 3. The molecule has 1 N–H and O–H groups in total. The van der Waals surface area contributed by atoms with Crippen molar-refractivity contribution in [3.63, 3.8) is 0 Å². The minimum atomic E-state index is -4.76. The summed E-state index contributed by atoms with van der Waals surface area (Å²) in [4.78, 5) is 0. The summed E-state index contributed by atoms with van der Waals surface area (Å²) in [5.41, 5.74) is -0.140. The molecule has 1 atom stereocenters. The second-order valence-corrected chi connectivity index (χ2v) is 3.01. The number of halogens is 4. The molecule has 0 aliphatic heterocycles. The first-order valence-electron chi connectivity index (χ1n) is 3.82. The van der Waals surface area contributed by atoms with E-state index in [0.29, 0.717) is 11.6 Å². The van der Waals surface area contributed by atoms with Crippen LogP contribution in [0.25, 0.3) is 0 Å². The van der Waals surface area contributed by atoms with E-state index in [4.69, 9.17) is 5.11 Å². The molecular formula is C9H8F4O. The minimum absolute atomic E-state index is 0.336. The zero-order valence-electron chi connectivity index (χ0n) is 7.27. The highest BCUT2D eigenvalue weighted by molar-refractivity contribution is 5.26. The lowest BCUT2D eigenvalue weighted by Crippen LogP contribution is -2.20. The highest BCUT2D eigenvalue weighted by Crippen LogP contribution is 2.32. The molecule has 0 fully saturated rings. The number of aliphatic hydroxyl groups is 1. The van der Waals surface area contributed by atoms with Gasteiger partial charge in [0.2, 0.25) is 0 Å². The summed E-state index contributed by atoms with van der Waals surface area (Å²) < 4.78 is 48.8. The van der Waals surface area contributed by atoms with Crippen molar-refractivity contribution >= 4 is 0 Å². The zero-order chi connectivity index (χ0) is 10.9. The Labute approximate surface area is 78.0 Å². The Hall–Kier alpha value is -1.10. The summed E-state index contributed by atoms with van der Waals surface area (Å²) in [6.07, 6.45) is -7.39. The van der Waals surface area contributed by atoms with Crippen LogP contribution in [-0.2, 0) is 0 Å². The second kappa shape index (κ2) is 3.57. The molecule has 0 aromatic heterocycles. The number of aliphatic hydroxyl groups excluding tert-OH is 1. The van der Waals surface area contributed by atoms with Crippen LogP contribution in [0.5, 0.6) is 0 Å². The normalized spacial score (nSPS) is 14.1. The van der Waals surface area contributed by atoms with Gasteiger partial charge in [-0.25, -0.2) is 4.39 Å². The summed E-state index contributed by atoms with van der Waals surface area (Å²) in [5, 5.41) is 8.81. The van der Waals surface area contributed by atoms with Crippen molar-refractivity contribution in [1.82, 2.24) is 0 Å². The molecule has 1 aromatic rings. The Bertz CT molecular complexity index is 312. The molecule has 14 heavy (non-hydrogen) atoms. The van der Waals surface area contributed by atoms with E-state index in [-0.39, 0.29) is 0 Å². The molecule has 0 spiro atoms. The lowest BCUT2D eigenvalue weighted by atomic mass is 10.1. The first kappa shape index (κ1) is 11.0. The summed E-state index contributed by atoms with van der Waals surface area (Å²) in [7, 11) is 0. The topological polar surface area (TPSA) is 20.2 Å². The Morgan fingerprint density at radius 3 is 2.21 bits per heavy atom. The fourth-order valence-electron chi connectivity index (χ4n) is 1.11. The van der Waals surface area contributed by atoms with Gasteiger partial charge in [-0.05, 0) is 30.2 Å². The average Bonchev–Trinajstić information content (AvgIpc) is 1.99. The average molecular weight is 208 g/mol. The first-order chi connectivity index (χ1) is 6.30. The van der Waals surface area contributed by atoms with Crippen LogP contribution in [-0.4, -0.2) is 11.3 Å². The molecule has 0 aliphatic carbocycles. The predicted octanol–water partition coefficient (Wildman–Crippen LogP) is 2.73. The highest BCUT2D eigenvalue weighted by atomic mass is 19.4. The molecule has 0 bridgehead atoms. The van der Waals surface area contributed by atoms with Crippen LogP contribution < -0.4 is 0 Å². The van der Waals surface area contributed by atoms with E-state index < -0.39 is 23.7 Å². The standard InChI is InChI=1S/C9H8F4O/c1-5-2-6(4-7(10)3-5)8(14)9(11,12)13/h2-4,8,14H,1H3/t8-/m1/s1. The van der Waals surface area contributed by atoms with Crippen LogP contribution in [0.15, 0.2) is 18.2 Å². The van der Waals surface area contributed by atoms with Crippen molar-refractivity contribution in [1.29, 1.82) is 0 Å². The summed E-state index contributed by atoms with van der Waals surface area (Å²) in [5.74, 6) is -0.789. The van der Waals surface area contributed by atoms with Gasteiger partial charge in [0.15, 0.2) is 6.10 Å². The second-order valence-electron chi connectivity index (χ2n) is 3.01. The van der Waals surface area contributed by atoms with E-state index in [9.17, 15) is 17.6 Å². The van der Waals surface area contributed by atoms with Gasteiger partial charge in [-0.1, -0.05) is 6.07 Å². The monoisotopic (exact) mass is 208 g/mol. The maximum Gasteiger partial charge on any atom is 0.418 e. The molecule has 0 amide bonds. The van der Waals surface area contributed by atoms with Crippen LogP contribution in [0, 0.1) is 12.7 Å². The van der Waals surface area contributed by atoms with Gasteiger partial charge < -0.3 is 5.11 Å². The quantitative estimate of drug-likeness (QED) is 0.703. The number of rotatable bonds is 1. The smallest absolute Gasteiger partial charge is 0.379 e. The van der Waals surface area contributed by atoms with Gasteiger partial charge in [-0.15, -0.1) is 0 Å². The van der Waals surface area contributed by atoms with Gasteiger partial charge in [-0.2, -0.15) is 13.2 Å². The molecule has 0 radical (unpaired) electrons. The number of hydrogen-bond donors (Lipinski definition) is 1. The van der Waals surface area contributed by atoms with Crippen LogP contribution in [0.3, 0.4) is 0 Å². The van der Waals surface area contributed by atoms with Crippen molar-refractivity contribution in [2.75, 3.05) is 0 Å². The third-order valence-electron chi connectivity index (χ3n) is 1.69. The van der Waals surface area contributed by atoms with Gasteiger partial charge in [0.05, 0.1) is 0 Å². The number of hydrogen-bond acceptors (Lipinski definition) is 1. The lowest BCUT2D eigenvalue weighted by molar-refractivity contribution is -0.206. The molecule has 0 heterocycles. The van der Waals surface area contributed by atoms with E-state index >= 15 is 0 Å². The molecule has 1 rings (SSSR count). The Kier molecular flexibility index (Phi) is 2.80. The van der Waals surface area contributed by atoms with Gasteiger partial charge in [-0.3, -0.25) is 0 Å². The largest absolute Gasteiger partial charge is 0.418 e. The predicted molar refractivity (Wildman–Crippen MR) is 42.2 cm³/mol. The number of benzene rings is 1. The molecule has 1 aromatic carbocycles. The van der Waals surface area contributed by atoms with Gasteiger partial charge >= 0.3 is 6.18 Å². The Morgan fingerprint density at radius 1 is 1.21 bits per heavy atom. The van der Waals surface area contributed by atoms with Crippen molar-refractivity contribution in [3.8, 4) is 0 Å². The summed E-state index contributed by atoms with van der Waals surface area (Å²) >= 11 is 0. The Balaban J connectivity index is 3.07. The fraction of sp³-hybridized carbons (Fsp3) is 0.333. The minimum Gasteiger partial charge on any atom is -0.379 e. The summed E-state index contributed by atoms with van der Waals surface area (Å²) in [6.45, 7) is 1.45. The van der Waals surface area contributed by atoms with Crippen LogP contribution in [0.4, 0.5) is 17.6 Å². The maximum atomic E-state index is 12.7. The fourth-order valence-corrected chi connectivity index (χ4v) is 1.11.